The van der Waals surface area contributed by atoms with Gasteiger partial charge < -0.3 is 0 Å². The second kappa shape index (κ2) is 5.17. The molecular formula is C12H10N6OS. The first-order valence-corrected chi connectivity index (χ1v) is 6.68. The second-order valence-corrected chi connectivity index (χ2v) is 5.08. The maximum atomic E-state index is 11.9. The van der Waals surface area contributed by atoms with Crippen LogP contribution in [0.3, 0.4) is 0 Å². The van der Waals surface area contributed by atoms with Gasteiger partial charge in [-0.1, -0.05) is 17.2 Å². The van der Waals surface area contributed by atoms with E-state index >= 15 is 0 Å². The Morgan fingerprint density at radius 3 is 2.70 bits per heavy atom. The van der Waals surface area contributed by atoms with Gasteiger partial charge in [0.1, 0.15) is 0 Å². The van der Waals surface area contributed by atoms with Gasteiger partial charge >= 0.3 is 0 Å². The standard InChI is InChI=1S/C12H10N6OS/c1-7-13-10(6-20-7)8-2-4-9(5-3-8)11(19)14-12-15-17-18-16-12/h2-6H,1H3,(H2,14,15,16,17,18,19). The molecule has 8 heteroatoms. The first-order chi connectivity index (χ1) is 9.72. The summed E-state index contributed by atoms with van der Waals surface area (Å²) in [5, 5.41) is 18.5. The number of thiazole rings is 1. The van der Waals surface area contributed by atoms with Crippen LogP contribution in [0.4, 0.5) is 5.95 Å². The first-order valence-electron chi connectivity index (χ1n) is 5.80. The molecule has 0 fully saturated rings. The lowest BCUT2D eigenvalue weighted by atomic mass is 10.1. The zero-order valence-corrected chi connectivity index (χ0v) is 11.3. The molecular weight excluding hydrogens is 276 g/mol. The van der Waals surface area contributed by atoms with Crippen molar-refractivity contribution in [3.63, 3.8) is 0 Å². The monoisotopic (exact) mass is 286 g/mol. The molecule has 0 aliphatic heterocycles. The minimum Gasteiger partial charge on any atom is -0.288 e. The van der Waals surface area contributed by atoms with Crippen molar-refractivity contribution in [1.82, 2.24) is 25.6 Å². The maximum Gasteiger partial charge on any atom is 0.270 e. The number of anilines is 1. The molecule has 2 N–H and O–H groups in total. The predicted octanol–water partition coefficient (Wildman–Crippen LogP) is 1.88. The summed E-state index contributed by atoms with van der Waals surface area (Å²) in [6.07, 6.45) is 0. The minimum absolute atomic E-state index is 0.147. The number of nitrogens with zero attached hydrogens (tertiary/aromatic N) is 4. The smallest absolute Gasteiger partial charge is 0.270 e. The van der Waals surface area contributed by atoms with Crippen molar-refractivity contribution in [2.75, 3.05) is 5.32 Å². The van der Waals surface area contributed by atoms with E-state index in [1.165, 1.54) is 0 Å². The Kier molecular flexibility index (Phi) is 3.21. The summed E-state index contributed by atoms with van der Waals surface area (Å²) in [6, 6.07) is 7.19. The summed E-state index contributed by atoms with van der Waals surface area (Å²) in [5.74, 6) is -0.137. The van der Waals surface area contributed by atoms with Gasteiger partial charge in [0, 0.05) is 16.5 Å². The number of hydrogen-bond acceptors (Lipinski definition) is 6. The highest BCUT2D eigenvalue weighted by molar-refractivity contribution is 7.09. The third-order valence-corrected chi connectivity index (χ3v) is 3.41. The highest BCUT2D eigenvalue weighted by atomic mass is 32.1. The normalized spacial score (nSPS) is 10.4. The zero-order valence-electron chi connectivity index (χ0n) is 10.5. The van der Waals surface area contributed by atoms with Crippen LogP contribution in [0.15, 0.2) is 29.6 Å². The third kappa shape index (κ3) is 2.54. The summed E-state index contributed by atoms with van der Waals surface area (Å²) < 4.78 is 0. The Hall–Kier alpha value is -2.61. The van der Waals surface area contributed by atoms with Crippen molar-refractivity contribution in [2.45, 2.75) is 6.92 Å². The van der Waals surface area contributed by atoms with Gasteiger partial charge in [-0.3, -0.25) is 10.1 Å². The van der Waals surface area contributed by atoms with Gasteiger partial charge in [-0.25, -0.2) is 4.98 Å². The lowest BCUT2D eigenvalue weighted by Gasteiger charge is -2.02. The predicted molar refractivity (Wildman–Crippen MR) is 74.4 cm³/mol. The lowest BCUT2D eigenvalue weighted by Crippen LogP contribution is -2.12. The highest BCUT2D eigenvalue weighted by Crippen LogP contribution is 2.21. The lowest BCUT2D eigenvalue weighted by molar-refractivity contribution is 0.102. The first kappa shape index (κ1) is 12.4. The molecule has 3 aromatic rings. The maximum absolute atomic E-state index is 11.9. The van der Waals surface area contributed by atoms with E-state index in [0.717, 1.165) is 16.3 Å². The number of amides is 1. The molecule has 1 amide bonds. The molecule has 0 aliphatic carbocycles. The van der Waals surface area contributed by atoms with Gasteiger partial charge in [0.05, 0.1) is 10.7 Å². The average molecular weight is 286 g/mol. The summed E-state index contributed by atoms with van der Waals surface area (Å²) >= 11 is 1.60. The molecule has 0 aliphatic rings. The number of aryl methyl sites for hydroxylation is 1. The van der Waals surface area contributed by atoms with Crippen molar-refractivity contribution >= 4 is 23.2 Å². The van der Waals surface area contributed by atoms with Gasteiger partial charge in [-0.2, -0.15) is 5.21 Å². The van der Waals surface area contributed by atoms with Crippen molar-refractivity contribution in [3.8, 4) is 11.3 Å². The van der Waals surface area contributed by atoms with Crippen molar-refractivity contribution in [3.05, 3.63) is 40.2 Å². The number of aromatic amines is 1. The number of rotatable bonds is 3. The molecule has 3 rings (SSSR count). The molecule has 100 valence electrons. The van der Waals surface area contributed by atoms with Crippen LogP contribution in [-0.2, 0) is 0 Å². The van der Waals surface area contributed by atoms with Gasteiger partial charge in [-0.05, 0) is 24.3 Å². The van der Waals surface area contributed by atoms with E-state index in [1.54, 1.807) is 23.5 Å². The van der Waals surface area contributed by atoms with Crippen molar-refractivity contribution < 1.29 is 4.79 Å². The largest absolute Gasteiger partial charge is 0.288 e. The second-order valence-electron chi connectivity index (χ2n) is 4.02. The number of aromatic nitrogens is 5. The molecule has 0 spiro atoms. The Morgan fingerprint density at radius 2 is 2.10 bits per heavy atom. The molecule has 1 aromatic carbocycles. The van der Waals surface area contributed by atoms with E-state index in [-0.39, 0.29) is 11.9 Å². The molecule has 0 saturated heterocycles. The van der Waals surface area contributed by atoms with E-state index in [9.17, 15) is 4.79 Å². The number of carbonyl (C=O) groups excluding carboxylic acids is 1. The van der Waals surface area contributed by atoms with Crippen LogP contribution in [0.25, 0.3) is 11.3 Å². The van der Waals surface area contributed by atoms with E-state index in [0.29, 0.717) is 5.56 Å². The quantitative estimate of drug-likeness (QED) is 0.766. The Bertz CT molecular complexity index is 719. The van der Waals surface area contributed by atoms with Crippen LogP contribution >= 0.6 is 11.3 Å². The highest BCUT2D eigenvalue weighted by Gasteiger charge is 2.09. The van der Waals surface area contributed by atoms with Gasteiger partial charge in [0.15, 0.2) is 0 Å². The molecule has 0 atom stereocenters. The van der Waals surface area contributed by atoms with E-state index in [1.807, 2.05) is 24.4 Å². The fraction of sp³-hybridized carbons (Fsp3) is 0.0833. The third-order valence-electron chi connectivity index (χ3n) is 2.63. The van der Waals surface area contributed by atoms with Crippen LogP contribution in [0, 0.1) is 6.92 Å². The zero-order chi connectivity index (χ0) is 13.9. The molecule has 0 bridgehead atoms. The minimum atomic E-state index is -0.285. The SMILES string of the molecule is Cc1nc(-c2ccc(C(=O)Nc3nn[nH]n3)cc2)cs1. The number of H-pyrrole nitrogens is 1. The van der Waals surface area contributed by atoms with Crippen LogP contribution in [-0.4, -0.2) is 31.5 Å². The Labute approximate surface area is 118 Å². The molecule has 2 heterocycles. The topological polar surface area (TPSA) is 96.5 Å². The van der Waals surface area contributed by atoms with Crippen LogP contribution < -0.4 is 5.32 Å². The van der Waals surface area contributed by atoms with E-state index in [2.05, 4.69) is 30.9 Å². The summed E-state index contributed by atoms with van der Waals surface area (Å²) in [7, 11) is 0. The van der Waals surface area contributed by atoms with Crippen molar-refractivity contribution in [2.24, 2.45) is 0 Å². The van der Waals surface area contributed by atoms with Crippen LogP contribution in [0.1, 0.15) is 15.4 Å². The van der Waals surface area contributed by atoms with E-state index < -0.39 is 0 Å². The summed E-state index contributed by atoms with van der Waals surface area (Å²) in [6.45, 7) is 1.96. The molecule has 7 nitrogen and oxygen atoms in total. The fourth-order valence-corrected chi connectivity index (χ4v) is 2.30. The molecule has 2 aromatic heterocycles. The van der Waals surface area contributed by atoms with E-state index in [4.69, 9.17) is 0 Å². The number of benzene rings is 1. The van der Waals surface area contributed by atoms with Crippen LogP contribution in [0.5, 0.6) is 0 Å². The molecule has 0 radical (unpaired) electrons. The van der Waals surface area contributed by atoms with Crippen LogP contribution in [0.2, 0.25) is 0 Å². The van der Waals surface area contributed by atoms with Crippen molar-refractivity contribution in [1.29, 1.82) is 0 Å². The van der Waals surface area contributed by atoms with Gasteiger partial charge in [0.2, 0.25) is 0 Å². The summed E-state index contributed by atoms with van der Waals surface area (Å²) in [4.78, 5) is 16.3. The number of nitrogens with one attached hydrogen (secondary N) is 2. The van der Waals surface area contributed by atoms with Gasteiger partial charge in [0.25, 0.3) is 11.9 Å². The van der Waals surface area contributed by atoms with Gasteiger partial charge in [-0.15, -0.1) is 16.4 Å². The fourth-order valence-electron chi connectivity index (χ4n) is 1.68. The molecule has 0 saturated carbocycles. The number of carbonyl (C=O) groups is 1. The Morgan fingerprint density at radius 1 is 1.30 bits per heavy atom. The summed E-state index contributed by atoms with van der Waals surface area (Å²) in [5.41, 5.74) is 2.41. The molecule has 0 unspecified atom stereocenters. The average Bonchev–Trinajstić information content (AvgIpc) is 3.10. The Balaban J connectivity index is 1.77. The molecule has 20 heavy (non-hydrogen) atoms. The number of tetrazole rings is 1. The number of hydrogen-bond donors (Lipinski definition) is 2.